The van der Waals surface area contributed by atoms with E-state index in [1.807, 2.05) is 0 Å². The third kappa shape index (κ3) is 4.62. The molecule has 0 aliphatic rings. The van der Waals surface area contributed by atoms with Crippen LogP contribution in [0.2, 0.25) is 0 Å². The van der Waals surface area contributed by atoms with Gasteiger partial charge >= 0.3 is 5.97 Å². The molecular formula is C18H14ClN3O5. The summed E-state index contributed by atoms with van der Waals surface area (Å²) >= 11 is 6.31. The molecule has 0 amide bonds. The summed E-state index contributed by atoms with van der Waals surface area (Å²) in [6, 6.07) is 11.3. The smallest absolute Gasteiger partial charge is 0.306 e. The van der Waals surface area contributed by atoms with Gasteiger partial charge in [-0.15, -0.1) is 0 Å². The van der Waals surface area contributed by atoms with Gasteiger partial charge in [0.1, 0.15) is 11.6 Å². The summed E-state index contributed by atoms with van der Waals surface area (Å²) in [6.45, 7) is 0.0936. The van der Waals surface area contributed by atoms with Crippen molar-refractivity contribution >= 4 is 45.4 Å². The summed E-state index contributed by atoms with van der Waals surface area (Å²) in [5, 5.41) is 19.8. The molecule has 0 unspecified atom stereocenters. The number of nitro benzene ring substituents is 1. The zero-order valence-electron chi connectivity index (χ0n) is 13.9. The lowest BCUT2D eigenvalue weighted by Gasteiger charge is -2.04. The van der Waals surface area contributed by atoms with Crippen molar-refractivity contribution in [3.63, 3.8) is 0 Å². The number of benzene rings is 2. The maximum atomic E-state index is 10.8. The summed E-state index contributed by atoms with van der Waals surface area (Å²) < 4.78 is 5.32. The number of carboxylic acid groups (broad SMARTS) is 1. The maximum absolute atomic E-state index is 10.8. The van der Waals surface area contributed by atoms with Gasteiger partial charge in [0.05, 0.1) is 34.0 Å². The summed E-state index contributed by atoms with van der Waals surface area (Å²) in [6.07, 6.45) is 1.62. The maximum Gasteiger partial charge on any atom is 0.306 e. The van der Waals surface area contributed by atoms with Gasteiger partial charge in [-0.1, -0.05) is 23.7 Å². The molecule has 0 fully saturated rings. The van der Waals surface area contributed by atoms with E-state index in [1.54, 1.807) is 36.4 Å². The fourth-order valence-electron chi connectivity index (χ4n) is 2.36. The first kappa shape index (κ1) is 18.4. The fourth-order valence-corrected chi connectivity index (χ4v) is 2.57. The number of H-pyrrole nitrogens is 1. The Morgan fingerprint density at radius 2 is 2.04 bits per heavy atom. The fraction of sp³-hybridized carbons (Fsp3) is 0.111. The van der Waals surface area contributed by atoms with Crippen molar-refractivity contribution in [3.05, 3.63) is 64.0 Å². The Kier molecular flexibility index (Phi) is 5.37. The first-order valence-corrected chi connectivity index (χ1v) is 8.26. The number of aliphatic carboxylic acids is 1. The molecule has 138 valence electrons. The Morgan fingerprint density at radius 1 is 1.30 bits per heavy atom. The van der Waals surface area contributed by atoms with Crippen molar-refractivity contribution in [1.82, 2.24) is 9.97 Å². The van der Waals surface area contributed by atoms with E-state index < -0.39 is 10.9 Å². The van der Waals surface area contributed by atoms with Crippen LogP contribution < -0.4 is 4.74 Å². The van der Waals surface area contributed by atoms with E-state index in [-0.39, 0.29) is 18.7 Å². The van der Waals surface area contributed by atoms with Crippen LogP contribution in [-0.2, 0) is 4.79 Å². The second-order valence-corrected chi connectivity index (χ2v) is 6.00. The Hall–Kier alpha value is -3.39. The van der Waals surface area contributed by atoms with E-state index in [4.69, 9.17) is 21.4 Å². The minimum atomic E-state index is -0.919. The highest BCUT2D eigenvalue weighted by molar-refractivity contribution is 6.50. The summed E-state index contributed by atoms with van der Waals surface area (Å²) in [5.41, 5.74) is 1.85. The molecule has 0 saturated heterocycles. The average molecular weight is 388 g/mol. The van der Waals surface area contributed by atoms with Crippen LogP contribution >= 0.6 is 11.6 Å². The highest BCUT2D eigenvalue weighted by atomic mass is 35.5. The van der Waals surface area contributed by atoms with E-state index in [9.17, 15) is 14.9 Å². The number of nitrogens with zero attached hydrogens (tertiary/aromatic N) is 2. The number of hydrogen-bond acceptors (Lipinski definition) is 5. The standard InChI is InChI=1S/C18H14ClN3O5/c19-14(9-11-1-4-13(5-2-11)27-8-7-17(23)24)18-20-15-6-3-12(22(25)26)10-16(15)21-18/h1-6,9-10H,7-8H2,(H,20,21)(H,23,24). The summed E-state index contributed by atoms with van der Waals surface area (Å²) in [5.74, 6) is 0.0343. The highest BCUT2D eigenvalue weighted by Gasteiger charge is 2.11. The molecule has 1 aromatic heterocycles. The van der Waals surface area contributed by atoms with Gasteiger partial charge in [-0.2, -0.15) is 0 Å². The molecule has 0 bridgehead atoms. The Labute approximate surface area is 158 Å². The molecule has 2 N–H and O–H groups in total. The lowest BCUT2D eigenvalue weighted by atomic mass is 10.2. The lowest BCUT2D eigenvalue weighted by Crippen LogP contribution is -2.04. The zero-order chi connectivity index (χ0) is 19.4. The molecule has 0 aliphatic heterocycles. The SMILES string of the molecule is O=C(O)CCOc1ccc(C=C(Cl)c2nc3ccc([N+](=O)[O-])cc3[nH]2)cc1. The van der Waals surface area contributed by atoms with Crippen LogP contribution in [0.4, 0.5) is 5.69 Å². The van der Waals surface area contributed by atoms with Crippen molar-refractivity contribution in [2.45, 2.75) is 6.42 Å². The van der Waals surface area contributed by atoms with Crippen molar-refractivity contribution in [2.24, 2.45) is 0 Å². The molecule has 3 aromatic rings. The number of ether oxygens (including phenoxy) is 1. The van der Waals surface area contributed by atoms with Crippen LogP contribution in [0.25, 0.3) is 22.1 Å². The number of carboxylic acids is 1. The molecule has 0 radical (unpaired) electrons. The van der Waals surface area contributed by atoms with Crippen LogP contribution in [0.1, 0.15) is 17.8 Å². The van der Waals surface area contributed by atoms with E-state index in [0.29, 0.717) is 27.6 Å². The number of nitro groups is 1. The van der Waals surface area contributed by atoms with E-state index in [0.717, 1.165) is 5.56 Å². The number of carbonyl (C=O) groups is 1. The number of hydrogen-bond donors (Lipinski definition) is 2. The first-order valence-electron chi connectivity index (χ1n) is 7.89. The Morgan fingerprint density at radius 3 is 2.70 bits per heavy atom. The number of rotatable bonds is 7. The largest absolute Gasteiger partial charge is 0.493 e. The van der Waals surface area contributed by atoms with Gasteiger partial charge in [-0.05, 0) is 29.8 Å². The minimum absolute atomic E-state index is 0.0312. The van der Waals surface area contributed by atoms with Crippen molar-refractivity contribution < 1.29 is 19.6 Å². The minimum Gasteiger partial charge on any atom is -0.493 e. The predicted octanol–water partition coefficient (Wildman–Crippen LogP) is 4.06. The van der Waals surface area contributed by atoms with Crippen LogP contribution in [0.3, 0.4) is 0 Å². The van der Waals surface area contributed by atoms with Gasteiger partial charge < -0.3 is 14.8 Å². The van der Waals surface area contributed by atoms with Gasteiger partial charge in [0.2, 0.25) is 0 Å². The van der Waals surface area contributed by atoms with Crippen molar-refractivity contribution in [3.8, 4) is 5.75 Å². The summed E-state index contributed by atoms with van der Waals surface area (Å²) in [4.78, 5) is 28.1. The lowest BCUT2D eigenvalue weighted by molar-refractivity contribution is -0.384. The number of aromatic nitrogens is 2. The number of imidazole rings is 1. The van der Waals surface area contributed by atoms with Gasteiger partial charge in [-0.3, -0.25) is 14.9 Å². The number of non-ortho nitro benzene ring substituents is 1. The molecule has 1 heterocycles. The molecule has 2 aromatic carbocycles. The van der Waals surface area contributed by atoms with Crippen LogP contribution in [0.15, 0.2) is 42.5 Å². The second kappa shape index (κ2) is 7.88. The third-order valence-corrected chi connectivity index (χ3v) is 3.95. The predicted molar refractivity (Wildman–Crippen MR) is 101 cm³/mol. The number of fused-ring (bicyclic) bond motifs is 1. The first-order chi connectivity index (χ1) is 12.9. The molecule has 8 nitrogen and oxygen atoms in total. The van der Waals surface area contributed by atoms with Crippen molar-refractivity contribution in [2.75, 3.05) is 6.61 Å². The van der Waals surface area contributed by atoms with Crippen molar-refractivity contribution in [1.29, 1.82) is 0 Å². The molecule has 0 spiro atoms. The molecule has 3 rings (SSSR count). The van der Waals surface area contributed by atoms with Gasteiger partial charge in [0, 0.05) is 12.1 Å². The number of nitrogens with one attached hydrogen (secondary N) is 1. The highest BCUT2D eigenvalue weighted by Crippen LogP contribution is 2.25. The topological polar surface area (TPSA) is 118 Å². The Balaban J connectivity index is 1.75. The molecule has 0 atom stereocenters. The quantitative estimate of drug-likeness (QED) is 0.466. The molecule has 0 saturated carbocycles. The van der Waals surface area contributed by atoms with E-state index >= 15 is 0 Å². The molecular weight excluding hydrogens is 374 g/mol. The number of halogens is 1. The second-order valence-electron chi connectivity index (χ2n) is 5.60. The van der Waals surface area contributed by atoms with Crippen LogP contribution in [0, 0.1) is 10.1 Å². The molecule has 9 heteroatoms. The monoisotopic (exact) mass is 387 g/mol. The molecule has 0 aliphatic carbocycles. The van der Waals surface area contributed by atoms with Gasteiger partial charge in [0.25, 0.3) is 5.69 Å². The van der Waals surface area contributed by atoms with Gasteiger partial charge in [-0.25, -0.2) is 4.98 Å². The van der Waals surface area contributed by atoms with Gasteiger partial charge in [0.15, 0.2) is 0 Å². The van der Waals surface area contributed by atoms with E-state index in [1.165, 1.54) is 12.1 Å². The normalized spacial score (nSPS) is 11.5. The molecule has 27 heavy (non-hydrogen) atoms. The average Bonchev–Trinajstić information content (AvgIpc) is 3.06. The van der Waals surface area contributed by atoms with Crippen LogP contribution in [0.5, 0.6) is 5.75 Å². The van der Waals surface area contributed by atoms with Crippen LogP contribution in [-0.4, -0.2) is 32.6 Å². The number of aromatic amines is 1. The third-order valence-electron chi connectivity index (χ3n) is 3.66. The summed E-state index contributed by atoms with van der Waals surface area (Å²) in [7, 11) is 0. The Bertz CT molecular complexity index is 1030. The zero-order valence-corrected chi connectivity index (χ0v) is 14.6. The van der Waals surface area contributed by atoms with E-state index in [2.05, 4.69) is 9.97 Å².